The molecule has 1 N–H and O–H groups in total. The molecule has 0 radical (unpaired) electrons. The van der Waals surface area contributed by atoms with E-state index in [1.807, 2.05) is 0 Å². The van der Waals surface area contributed by atoms with E-state index in [1.165, 1.54) is 25.7 Å². The summed E-state index contributed by atoms with van der Waals surface area (Å²) in [6, 6.07) is 0. The van der Waals surface area contributed by atoms with Crippen molar-refractivity contribution in [2.24, 2.45) is 0 Å². The van der Waals surface area contributed by atoms with Gasteiger partial charge in [-0.15, -0.1) is 5.54 Å². The number of halogens is 1. The van der Waals surface area contributed by atoms with Crippen LogP contribution in [0, 0.1) is 11.5 Å². The SMILES string of the molecule is CCCCCC/C=C(\Br)[C@H](O)C#C[Si](C)(C)C. The minimum Gasteiger partial charge on any atom is -0.376 e. The second kappa shape index (κ2) is 8.96. The molecule has 0 amide bonds. The summed E-state index contributed by atoms with van der Waals surface area (Å²) in [6.45, 7) is 8.74. The van der Waals surface area contributed by atoms with Gasteiger partial charge in [0, 0.05) is 4.48 Å². The van der Waals surface area contributed by atoms with Gasteiger partial charge in [0.1, 0.15) is 14.2 Å². The van der Waals surface area contributed by atoms with Crippen LogP contribution in [0.25, 0.3) is 0 Å². The molecule has 1 nitrogen and oxygen atoms in total. The normalized spacial score (nSPS) is 14.1. The quantitative estimate of drug-likeness (QED) is 0.435. The first-order valence-corrected chi connectivity index (χ1v) is 10.7. The molecule has 3 heteroatoms. The Kier molecular flexibility index (Phi) is 8.94. The molecule has 0 aliphatic heterocycles. The summed E-state index contributed by atoms with van der Waals surface area (Å²) in [5.41, 5.74) is 3.18. The summed E-state index contributed by atoms with van der Waals surface area (Å²) in [5.74, 6) is 2.93. The number of rotatable bonds is 6. The van der Waals surface area contributed by atoms with E-state index in [9.17, 15) is 5.11 Å². The Morgan fingerprint density at radius 1 is 1.29 bits per heavy atom. The van der Waals surface area contributed by atoms with Crippen molar-refractivity contribution < 1.29 is 5.11 Å². The third kappa shape index (κ3) is 10.8. The summed E-state index contributed by atoms with van der Waals surface area (Å²) in [4.78, 5) is 0. The van der Waals surface area contributed by atoms with Gasteiger partial charge in [-0.3, -0.25) is 0 Å². The summed E-state index contributed by atoms with van der Waals surface area (Å²) >= 11 is 3.40. The van der Waals surface area contributed by atoms with Crippen LogP contribution in [-0.4, -0.2) is 19.3 Å². The van der Waals surface area contributed by atoms with E-state index in [-0.39, 0.29) is 0 Å². The highest BCUT2D eigenvalue weighted by Gasteiger charge is 2.09. The van der Waals surface area contributed by atoms with Gasteiger partial charge >= 0.3 is 0 Å². The molecule has 0 saturated heterocycles. The molecule has 1 atom stereocenters. The van der Waals surface area contributed by atoms with Crippen LogP contribution < -0.4 is 0 Å². The molecule has 0 fully saturated rings. The van der Waals surface area contributed by atoms with Gasteiger partial charge in [0.15, 0.2) is 0 Å². The van der Waals surface area contributed by atoms with E-state index in [0.717, 1.165) is 10.9 Å². The van der Waals surface area contributed by atoms with Crippen LogP contribution in [0.1, 0.15) is 39.0 Å². The third-order valence-electron chi connectivity index (χ3n) is 2.24. The van der Waals surface area contributed by atoms with Gasteiger partial charge in [0.2, 0.25) is 0 Å². The fourth-order valence-corrected chi connectivity index (χ4v) is 2.19. The standard InChI is InChI=1S/C14H25BrOSi/c1-5-6-7-8-9-10-13(15)14(16)11-12-17(2,3)4/h10,14,16H,5-9H2,1-4H3/b13-10-/t14-/m1/s1. The first kappa shape index (κ1) is 17.0. The van der Waals surface area contributed by atoms with Gasteiger partial charge in [0.05, 0.1) is 0 Å². The molecule has 0 heterocycles. The molecular weight excluding hydrogens is 292 g/mol. The molecule has 0 bridgehead atoms. The van der Waals surface area contributed by atoms with Crippen LogP contribution in [0.5, 0.6) is 0 Å². The van der Waals surface area contributed by atoms with Crippen LogP contribution in [0.15, 0.2) is 10.6 Å². The van der Waals surface area contributed by atoms with Gasteiger partial charge in [0.25, 0.3) is 0 Å². The van der Waals surface area contributed by atoms with Crippen molar-refractivity contribution in [3.8, 4) is 11.5 Å². The monoisotopic (exact) mass is 316 g/mol. The summed E-state index contributed by atoms with van der Waals surface area (Å²) in [5, 5.41) is 9.82. The van der Waals surface area contributed by atoms with E-state index >= 15 is 0 Å². The molecule has 0 aliphatic rings. The average Bonchev–Trinajstić information content (AvgIpc) is 2.24. The number of unbranched alkanes of at least 4 members (excludes halogenated alkanes) is 4. The van der Waals surface area contributed by atoms with Crippen molar-refractivity contribution in [3.05, 3.63) is 10.6 Å². The van der Waals surface area contributed by atoms with E-state index < -0.39 is 14.2 Å². The number of hydrogen-bond acceptors (Lipinski definition) is 1. The summed E-state index contributed by atoms with van der Waals surface area (Å²) in [7, 11) is -1.38. The van der Waals surface area contributed by atoms with Gasteiger partial charge in [-0.2, -0.15) is 0 Å². The molecule has 0 aliphatic carbocycles. The lowest BCUT2D eigenvalue weighted by Crippen LogP contribution is -2.18. The zero-order chi connectivity index (χ0) is 13.3. The molecule has 0 aromatic heterocycles. The maximum atomic E-state index is 9.82. The smallest absolute Gasteiger partial charge is 0.145 e. The van der Waals surface area contributed by atoms with Crippen molar-refractivity contribution in [1.29, 1.82) is 0 Å². The Balaban J connectivity index is 4.06. The van der Waals surface area contributed by atoms with Crippen LogP contribution in [0.2, 0.25) is 19.6 Å². The maximum Gasteiger partial charge on any atom is 0.145 e. The molecule has 17 heavy (non-hydrogen) atoms. The summed E-state index contributed by atoms with van der Waals surface area (Å²) < 4.78 is 0.819. The van der Waals surface area contributed by atoms with Gasteiger partial charge in [-0.05, 0) is 12.8 Å². The molecular formula is C14H25BrOSi. The Hall–Kier alpha value is -0.0431. The van der Waals surface area contributed by atoms with E-state index in [1.54, 1.807) is 0 Å². The second-order valence-corrected chi connectivity index (χ2v) is 11.0. The van der Waals surface area contributed by atoms with Crippen molar-refractivity contribution in [3.63, 3.8) is 0 Å². The minimum absolute atomic E-state index is 0.645. The predicted octanol–water partition coefficient (Wildman–Crippen LogP) is 4.48. The Morgan fingerprint density at radius 3 is 2.47 bits per heavy atom. The molecule has 0 unspecified atom stereocenters. The zero-order valence-electron chi connectivity index (χ0n) is 11.5. The fourth-order valence-electron chi connectivity index (χ4n) is 1.28. The number of hydrogen-bond donors (Lipinski definition) is 1. The molecule has 0 spiro atoms. The molecule has 0 rings (SSSR count). The van der Waals surface area contributed by atoms with Crippen molar-refractivity contribution in [2.45, 2.75) is 64.8 Å². The Labute approximate surface area is 116 Å². The van der Waals surface area contributed by atoms with Gasteiger partial charge in [-0.1, -0.05) is 73.8 Å². The average molecular weight is 317 g/mol. The lowest BCUT2D eigenvalue weighted by Gasteiger charge is -2.06. The van der Waals surface area contributed by atoms with E-state index in [0.29, 0.717) is 0 Å². The first-order chi connectivity index (χ1) is 7.87. The number of allylic oxidation sites excluding steroid dienone is 1. The van der Waals surface area contributed by atoms with Crippen molar-refractivity contribution >= 4 is 24.0 Å². The molecule has 0 aromatic rings. The largest absolute Gasteiger partial charge is 0.376 e. The summed E-state index contributed by atoms with van der Waals surface area (Å²) in [6.07, 6.45) is 7.44. The lowest BCUT2D eigenvalue weighted by atomic mass is 10.1. The van der Waals surface area contributed by atoms with Gasteiger partial charge < -0.3 is 5.11 Å². The fraction of sp³-hybridized carbons (Fsp3) is 0.714. The van der Waals surface area contributed by atoms with Gasteiger partial charge in [-0.25, -0.2) is 0 Å². The highest BCUT2D eigenvalue weighted by molar-refractivity contribution is 9.11. The third-order valence-corrected chi connectivity index (χ3v) is 3.89. The number of aliphatic hydroxyl groups excluding tert-OH is 1. The van der Waals surface area contributed by atoms with Crippen molar-refractivity contribution in [2.75, 3.05) is 0 Å². The van der Waals surface area contributed by atoms with Crippen molar-refractivity contribution in [1.82, 2.24) is 0 Å². The Morgan fingerprint density at radius 2 is 1.94 bits per heavy atom. The van der Waals surface area contributed by atoms with E-state index in [4.69, 9.17) is 0 Å². The molecule has 0 aromatic carbocycles. The van der Waals surface area contributed by atoms with Crippen LogP contribution in [-0.2, 0) is 0 Å². The van der Waals surface area contributed by atoms with E-state index in [2.05, 4.69) is 60.0 Å². The highest BCUT2D eigenvalue weighted by atomic mass is 79.9. The first-order valence-electron chi connectivity index (χ1n) is 6.43. The minimum atomic E-state index is -1.38. The molecule has 0 saturated carbocycles. The van der Waals surface area contributed by atoms with Crippen LogP contribution in [0.4, 0.5) is 0 Å². The highest BCUT2D eigenvalue weighted by Crippen LogP contribution is 2.14. The number of aliphatic hydroxyl groups is 1. The Bertz CT molecular complexity index is 294. The predicted molar refractivity (Wildman–Crippen MR) is 82.9 cm³/mol. The molecule has 98 valence electrons. The van der Waals surface area contributed by atoms with Crippen LogP contribution in [0.3, 0.4) is 0 Å². The second-order valence-electron chi connectivity index (χ2n) is 5.36. The maximum absolute atomic E-state index is 9.82. The lowest BCUT2D eigenvalue weighted by molar-refractivity contribution is 0.277. The topological polar surface area (TPSA) is 20.2 Å². The van der Waals surface area contributed by atoms with Crippen LogP contribution >= 0.6 is 15.9 Å². The zero-order valence-corrected chi connectivity index (χ0v) is 14.1.